The Morgan fingerprint density at radius 1 is 1.29 bits per heavy atom. The fraction of sp³-hybridized carbons (Fsp3) is 0.188. The SMILES string of the molecule is CCNC(=O)c1ccc(OCc2cccc(F)c2)c(N)c1. The van der Waals surface area contributed by atoms with Gasteiger partial charge in [-0.2, -0.15) is 0 Å². The van der Waals surface area contributed by atoms with Gasteiger partial charge in [-0.15, -0.1) is 0 Å². The molecule has 0 saturated carbocycles. The van der Waals surface area contributed by atoms with Crippen molar-refractivity contribution < 1.29 is 13.9 Å². The zero-order valence-electron chi connectivity index (χ0n) is 11.7. The quantitative estimate of drug-likeness (QED) is 0.831. The van der Waals surface area contributed by atoms with Gasteiger partial charge in [0, 0.05) is 12.1 Å². The predicted molar refractivity (Wildman–Crippen MR) is 79.6 cm³/mol. The highest BCUT2D eigenvalue weighted by Gasteiger charge is 2.08. The number of hydrogen-bond acceptors (Lipinski definition) is 3. The van der Waals surface area contributed by atoms with Crippen LogP contribution in [0.2, 0.25) is 0 Å². The Morgan fingerprint density at radius 3 is 2.76 bits per heavy atom. The third kappa shape index (κ3) is 3.95. The number of nitrogen functional groups attached to an aromatic ring is 1. The number of benzene rings is 2. The van der Waals surface area contributed by atoms with Gasteiger partial charge in [0.1, 0.15) is 18.2 Å². The Labute approximate surface area is 122 Å². The molecule has 3 N–H and O–H groups in total. The van der Waals surface area contributed by atoms with Gasteiger partial charge in [-0.3, -0.25) is 4.79 Å². The minimum atomic E-state index is -0.310. The Morgan fingerprint density at radius 2 is 2.10 bits per heavy atom. The van der Waals surface area contributed by atoms with Crippen molar-refractivity contribution in [2.24, 2.45) is 0 Å². The van der Waals surface area contributed by atoms with E-state index in [4.69, 9.17) is 10.5 Å². The summed E-state index contributed by atoms with van der Waals surface area (Å²) < 4.78 is 18.6. The number of anilines is 1. The highest BCUT2D eigenvalue weighted by atomic mass is 19.1. The van der Waals surface area contributed by atoms with Crippen LogP contribution in [-0.2, 0) is 6.61 Å². The summed E-state index contributed by atoms with van der Waals surface area (Å²) in [5.41, 5.74) is 7.43. The standard InChI is InChI=1S/C16H17FN2O2/c1-2-19-16(20)12-6-7-15(14(18)9-12)21-10-11-4-3-5-13(17)8-11/h3-9H,2,10,18H2,1H3,(H,19,20). The third-order valence-electron chi connectivity index (χ3n) is 2.89. The molecule has 2 rings (SSSR count). The molecule has 2 aromatic carbocycles. The van der Waals surface area contributed by atoms with Crippen LogP contribution < -0.4 is 15.8 Å². The average molecular weight is 288 g/mol. The van der Waals surface area contributed by atoms with Crippen LogP contribution in [0, 0.1) is 5.82 Å². The number of carbonyl (C=O) groups is 1. The molecule has 110 valence electrons. The lowest BCUT2D eigenvalue weighted by molar-refractivity contribution is 0.0956. The number of hydrogen-bond donors (Lipinski definition) is 2. The molecule has 0 aliphatic rings. The summed E-state index contributed by atoms with van der Waals surface area (Å²) in [5, 5.41) is 2.70. The molecular weight excluding hydrogens is 271 g/mol. The highest BCUT2D eigenvalue weighted by molar-refractivity contribution is 5.95. The number of ether oxygens (including phenoxy) is 1. The monoisotopic (exact) mass is 288 g/mol. The highest BCUT2D eigenvalue weighted by Crippen LogP contribution is 2.23. The van der Waals surface area contributed by atoms with E-state index in [1.807, 2.05) is 6.92 Å². The van der Waals surface area contributed by atoms with E-state index in [1.165, 1.54) is 12.1 Å². The van der Waals surface area contributed by atoms with Gasteiger partial charge in [-0.25, -0.2) is 4.39 Å². The van der Waals surface area contributed by atoms with E-state index in [9.17, 15) is 9.18 Å². The van der Waals surface area contributed by atoms with Crippen LogP contribution in [0.4, 0.5) is 10.1 Å². The summed E-state index contributed by atoms with van der Waals surface area (Å²) in [6.07, 6.45) is 0. The number of nitrogens with two attached hydrogens (primary N) is 1. The molecule has 0 aliphatic carbocycles. The Bertz CT molecular complexity index is 644. The Balaban J connectivity index is 2.06. The molecule has 0 spiro atoms. The van der Waals surface area contributed by atoms with Crippen molar-refractivity contribution in [3.63, 3.8) is 0 Å². The van der Waals surface area contributed by atoms with Crippen LogP contribution in [0.15, 0.2) is 42.5 Å². The first-order chi connectivity index (χ1) is 10.1. The third-order valence-corrected chi connectivity index (χ3v) is 2.89. The first-order valence-corrected chi connectivity index (χ1v) is 6.65. The molecule has 0 aromatic heterocycles. The van der Waals surface area contributed by atoms with Gasteiger partial charge >= 0.3 is 0 Å². The maximum atomic E-state index is 13.1. The van der Waals surface area contributed by atoms with Crippen molar-refractivity contribution in [3.05, 3.63) is 59.4 Å². The first kappa shape index (κ1) is 14.8. The molecule has 0 atom stereocenters. The van der Waals surface area contributed by atoms with E-state index in [2.05, 4.69) is 5.32 Å². The molecule has 21 heavy (non-hydrogen) atoms. The molecule has 2 aromatic rings. The molecule has 0 aliphatic heterocycles. The van der Waals surface area contributed by atoms with E-state index in [1.54, 1.807) is 30.3 Å². The fourth-order valence-corrected chi connectivity index (χ4v) is 1.87. The van der Waals surface area contributed by atoms with Crippen LogP contribution in [0.5, 0.6) is 5.75 Å². The van der Waals surface area contributed by atoms with Crippen molar-refractivity contribution >= 4 is 11.6 Å². The number of amides is 1. The Hall–Kier alpha value is -2.56. The molecule has 5 heteroatoms. The van der Waals surface area contributed by atoms with Crippen LogP contribution in [0.1, 0.15) is 22.8 Å². The minimum Gasteiger partial charge on any atom is -0.487 e. The average Bonchev–Trinajstić information content (AvgIpc) is 2.46. The lowest BCUT2D eigenvalue weighted by atomic mass is 10.1. The van der Waals surface area contributed by atoms with Crippen LogP contribution in [0.3, 0.4) is 0 Å². The van der Waals surface area contributed by atoms with Gasteiger partial charge in [0.15, 0.2) is 0 Å². The smallest absolute Gasteiger partial charge is 0.251 e. The second-order valence-corrected chi connectivity index (χ2v) is 4.53. The lowest BCUT2D eigenvalue weighted by Crippen LogP contribution is -2.22. The molecule has 4 nitrogen and oxygen atoms in total. The number of rotatable bonds is 5. The molecule has 0 radical (unpaired) electrons. The normalized spacial score (nSPS) is 10.2. The molecule has 0 heterocycles. The van der Waals surface area contributed by atoms with Crippen LogP contribution in [0.25, 0.3) is 0 Å². The summed E-state index contributed by atoms with van der Waals surface area (Å²) in [7, 11) is 0. The molecule has 1 amide bonds. The van der Waals surface area contributed by atoms with Gasteiger partial charge in [0.2, 0.25) is 0 Å². The molecular formula is C16H17FN2O2. The second-order valence-electron chi connectivity index (χ2n) is 4.53. The van der Waals surface area contributed by atoms with Crippen molar-refractivity contribution in [3.8, 4) is 5.75 Å². The summed E-state index contributed by atoms with van der Waals surface area (Å²) >= 11 is 0. The maximum absolute atomic E-state index is 13.1. The summed E-state index contributed by atoms with van der Waals surface area (Å²) in [4.78, 5) is 11.7. The van der Waals surface area contributed by atoms with Gasteiger partial charge in [-0.05, 0) is 42.8 Å². The number of halogens is 1. The topological polar surface area (TPSA) is 64.3 Å². The Kier molecular flexibility index (Phi) is 4.77. The summed E-state index contributed by atoms with van der Waals surface area (Å²) in [6, 6.07) is 11.0. The predicted octanol–water partition coefficient (Wildman–Crippen LogP) is 2.74. The van der Waals surface area contributed by atoms with E-state index >= 15 is 0 Å². The van der Waals surface area contributed by atoms with E-state index in [-0.39, 0.29) is 18.3 Å². The van der Waals surface area contributed by atoms with Crippen LogP contribution >= 0.6 is 0 Å². The molecule has 0 saturated heterocycles. The van der Waals surface area contributed by atoms with Gasteiger partial charge in [-0.1, -0.05) is 12.1 Å². The van der Waals surface area contributed by atoms with E-state index in [0.717, 1.165) is 0 Å². The molecule has 0 bridgehead atoms. The van der Waals surface area contributed by atoms with Gasteiger partial charge in [0.25, 0.3) is 5.91 Å². The summed E-state index contributed by atoms with van der Waals surface area (Å²) in [5.74, 6) is -0.0242. The van der Waals surface area contributed by atoms with E-state index in [0.29, 0.717) is 29.1 Å². The maximum Gasteiger partial charge on any atom is 0.251 e. The van der Waals surface area contributed by atoms with Crippen molar-refractivity contribution in [1.29, 1.82) is 0 Å². The molecule has 0 fully saturated rings. The number of carbonyl (C=O) groups excluding carboxylic acids is 1. The lowest BCUT2D eigenvalue weighted by Gasteiger charge is -2.10. The van der Waals surface area contributed by atoms with Crippen molar-refractivity contribution in [1.82, 2.24) is 5.32 Å². The first-order valence-electron chi connectivity index (χ1n) is 6.65. The number of nitrogens with one attached hydrogen (secondary N) is 1. The summed E-state index contributed by atoms with van der Waals surface area (Å²) in [6.45, 7) is 2.61. The minimum absolute atomic E-state index is 0.180. The van der Waals surface area contributed by atoms with E-state index < -0.39 is 0 Å². The fourth-order valence-electron chi connectivity index (χ4n) is 1.87. The zero-order valence-corrected chi connectivity index (χ0v) is 11.7. The second kappa shape index (κ2) is 6.74. The van der Waals surface area contributed by atoms with Crippen molar-refractivity contribution in [2.45, 2.75) is 13.5 Å². The van der Waals surface area contributed by atoms with Crippen molar-refractivity contribution in [2.75, 3.05) is 12.3 Å². The molecule has 0 unspecified atom stereocenters. The van der Waals surface area contributed by atoms with Crippen LogP contribution in [-0.4, -0.2) is 12.5 Å². The largest absolute Gasteiger partial charge is 0.487 e. The zero-order chi connectivity index (χ0) is 15.2. The van der Waals surface area contributed by atoms with Gasteiger partial charge < -0.3 is 15.8 Å². The van der Waals surface area contributed by atoms with Gasteiger partial charge in [0.05, 0.1) is 5.69 Å².